The molecule has 23 heavy (non-hydrogen) atoms. The lowest BCUT2D eigenvalue weighted by Gasteiger charge is -2.16. The number of hydrogen-bond donors (Lipinski definition) is 0. The molecule has 0 fully saturated rings. The van der Waals surface area contributed by atoms with Gasteiger partial charge in [0.15, 0.2) is 17.3 Å². The van der Waals surface area contributed by atoms with Gasteiger partial charge in [-0.05, 0) is 37.3 Å². The zero-order valence-electron chi connectivity index (χ0n) is 13.6. The summed E-state index contributed by atoms with van der Waals surface area (Å²) in [7, 11) is 4.87. The Morgan fingerprint density at radius 3 is 2.26 bits per heavy atom. The molecule has 0 aliphatic rings. The molecule has 0 N–H and O–H groups in total. The smallest absolute Gasteiger partial charge is 0.257 e. The predicted molar refractivity (Wildman–Crippen MR) is 87.5 cm³/mol. The van der Waals surface area contributed by atoms with Crippen LogP contribution >= 0.6 is 0 Å². The number of rotatable bonds is 5. The largest absolute Gasteiger partial charge is 0.493 e. The summed E-state index contributed by atoms with van der Waals surface area (Å²) in [6.07, 6.45) is 0. The van der Waals surface area contributed by atoms with Crippen LogP contribution in [0.15, 0.2) is 42.5 Å². The average Bonchev–Trinajstić information content (AvgIpc) is 2.54. The second-order valence-electron chi connectivity index (χ2n) is 5.22. The van der Waals surface area contributed by atoms with Gasteiger partial charge in [-0.15, -0.1) is 0 Å². The van der Waals surface area contributed by atoms with Gasteiger partial charge >= 0.3 is 0 Å². The van der Waals surface area contributed by atoms with Crippen molar-refractivity contribution in [2.45, 2.75) is 6.92 Å². The summed E-state index contributed by atoms with van der Waals surface area (Å²) in [6, 6.07) is 11.9. The van der Waals surface area contributed by atoms with E-state index in [0.29, 0.717) is 28.4 Å². The maximum absolute atomic E-state index is 12.2. The summed E-state index contributed by atoms with van der Waals surface area (Å²) in [5.41, 5.74) is 0.988. The van der Waals surface area contributed by atoms with Crippen molar-refractivity contribution >= 4 is 11.7 Å². The molecule has 0 heterocycles. The summed E-state index contributed by atoms with van der Waals surface area (Å²) >= 11 is 0. The van der Waals surface area contributed by atoms with Crippen molar-refractivity contribution in [2.24, 2.45) is 0 Å². The first-order valence-electron chi connectivity index (χ1n) is 7.11. The third-order valence-electron chi connectivity index (χ3n) is 3.31. The molecule has 0 bridgehead atoms. The van der Waals surface area contributed by atoms with Crippen LogP contribution in [-0.2, 0) is 0 Å². The van der Waals surface area contributed by atoms with Gasteiger partial charge in [0.1, 0.15) is 5.75 Å². The Hall–Kier alpha value is -2.82. The molecular weight excluding hydrogens is 294 g/mol. The Bertz CT molecular complexity index is 738. The van der Waals surface area contributed by atoms with Gasteiger partial charge < -0.3 is 14.4 Å². The van der Waals surface area contributed by atoms with Crippen molar-refractivity contribution in [3.05, 3.63) is 53.6 Å². The fraction of sp³-hybridized carbons (Fsp3) is 0.222. The molecule has 1 amide bonds. The van der Waals surface area contributed by atoms with Crippen LogP contribution in [0.4, 0.5) is 0 Å². The van der Waals surface area contributed by atoms with Gasteiger partial charge in [0, 0.05) is 19.7 Å². The predicted octanol–water partition coefficient (Wildman–Crippen LogP) is 3.39. The van der Waals surface area contributed by atoms with Crippen molar-refractivity contribution in [3.8, 4) is 17.2 Å². The highest BCUT2D eigenvalue weighted by atomic mass is 16.5. The minimum absolute atomic E-state index is 0.0574. The van der Waals surface area contributed by atoms with Crippen LogP contribution in [0.2, 0.25) is 0 Å². The van der Waals surface area contributed by atoms with Crippen LogP contribution < -0.4 is 9.47 Å². The summed E-state index contributed by atoms with van der Waals surface area (Å²) in [5, 5.41) is 0. The topological polar surface area (TPSA) is 55.8 Å². The van der Waals surface area contributed by atoms with Gasteiger partial charge in [-0.2, -0.15) is 0 Å². The number of methoxy groups -OCH3 is 1. The molecule has 0 aromatic heterocycles. The number of ketones is 1. The molecule has 0 aliphatic carbocycles. The van der Waals surface area contributed by atoms with E-state index in [0.717, 1.165) is 0 Å². The molecule has 2 rings (SSSR count). The van der Waals surface area contributed by atoms with Crippen LogP contribution in [0.1, 0.15) is 27.6 Å². The average molecular weight is 313 g/mol. The second-order valence-corrected chi connectivity index (χ2v) is 5.22. The number of hydrogen-bond acceptors (Lipinski definition) is 4. The molecule has 5 heteroatoms. The van der Waals surface area contributed by atoms with Crippen molar-refractivity contribution in [1.29, 1.82) is 0 Å². The Morgan fingerprint density at radius 1 is 0.957 bits per heavy atom. The molecule has 120 valence electrons. The molecular formula is C18H19NO4. The van der Waals surface area contributed by atoms with Crippen molar-refractivity contribution in [1.82, 2.24) is 4.90 Å². The zero-order valence-corrected chi connectivity index (χ0v) is 13.6. The lowest BCUT2D eigenvalue weighted by molar-refractivity contribution is 0.0824. The van der Waals surface area contributed by atoms with Gasteiger partial charge in [-0.3, -0.25) is 9.59 Å². The van der Waals surface area contributed by atoms with E-state index in [1.807, 2.05) is 0 Å². The number of nitrogens with zero attached hydrogens (tertiary/aromatic N) is 1. The number of para-hydroxylation sites is 1. The van der Waals surface area contributed by atoms with E-state index in [1.54, 1.807) is 56.6 Å². The molecule has 0 saturated carbocycles. The molecule has 0 atom stereocenters. The van der Waals surface area contributed by atoms with Crippen LogP contribution in [-0.4, -0.2) is 37.8 Å². The molecule has 0 radical (unpaired) electrons. The van der Waals surface area contributed by atoms with E-state index >= 15 is 0 Å². The third-order valence-corrected chi connectivity index (χ3v) is 3.31. The lowest BCUT2D eigenvalue weighted by atomic mass is 10.1. The molecule has 0 saturated heterocycles. The molecule has 0 aliphatic heterocycles. The summed E-state index contributed by atoms with van der Waals surface area (Å²) < 4.78 is 11.1. The quantitative estimate of drug-likeness (QED) is 0.794. The second kappa shape index (κ2) is 6.96. The number of amides is 1. The molecule has 2 aromatic carbocycles. The van der Waals surface area contributed by atoms with E-state index in [1.165, 1.54) is 18.9 Å². The van der Waals surface area contributed by atoms with Gasteiger partial charge in [0.05, 0.1) is 12.7 Å². The van der Waals surface area contributed by atoms with Crippen molar-refractivity contribution in [3.63, 3.8) is 0 Å². The lowest BCUT2D eigenvalue weighted by Crippen LogP contribution is -2.22. The van der Waals surface area contributed by atoms with Crippen molar-refractivity contribution < 1.29 is 19.1 Å². The third kappa shape index (κ3) is 3.69. The number of carbonyl (C=O) groups excluding carboxylic acids is 2. The molecule has 0 spiro atoms. The van der Waals surface area contributed by atoms with Crippen LogP contribution in [0, 0.1) is 0 Å². The van der Waals surface area contributed by atoms with Gasteiger partial charge in [-0.25, -0.2) is 0 Å². The Morgan fingerprint density at radius 2 is 1.65 bits per heavy atom. The summed E-state index contributed by atoms with van der Waals surface area (Å²) in [6.45, 7) is 1.49. The monoisotopic (exact) mass is 313 g/mol. The fourth-order valence-corrected chi connectivity index (χ4v) is 2.06. The molecule has 0 unspecified atom stereocenters. The normalized spacial score (nSPS) is 10.1. The van der Waals surface area contributed by atoms with Crippen LogP contribution in [0.25, 0.3) is 0 Å². The van der Waals surface area contributed by atoms with E-state index < -0.39 is 0 Å². The van der Waals surface area contributed by atoms with Crippen LogP contribution in [0.5, 0.6) is 17.2 Å². The van der Waals surface area contributed by atoms with Gasteiger partial charge in [-0.1, -0.05) is 12.1 Å². The van der Waals surface area contributed by atoms with E-state index in [2.05, 4.69) is 0 Å². The summed E-state index contributed by atoms with van der Waals surface area (Å²) in [4.78, 5) is 25.2. The van der Waals surface area contributed by atoms with E-state index in [4.69, 9.17) is 9.47 Å². The highest BCUT2D eigenvalue weighted by Crippen LogP contribution is 2.34. The minimum Gasteiger partial charge on any atom is -0.493 e. The molecule has 2 aromatic rings. The zero-order chi connectivity index (χ0) is 17.0. The van der Waals surface area contributed by atoms with Crippen molar-refractivity contribution in [2.75, 3.05) is 21.2 Å². The summed E-state index contributed by atoms with van der Waals surface area (Å²) in [5.74, 6) is 1.10. The Kier molecular flexibility index (Phi) is 5.01. The Labute approximate surface area is 135 Å². The van der Waals surface area contributed by atoms with E-state index in [9.17, 15) is 9.59 Å². The van der Waals surface area contributed by atoms with Crippen LogP contribution in [0.3, 0.4) is 0 Å². The minimum atomic E-state index is -0.153. The number of carbonyl (C=O) groups is 2. The number of Topliss-reactive ketones (excluding diaryl/α,β-unsaturated/α-hetero) is 1. The fourth-order valence-electron chi connectivity index (χ4n) is 2.06. The highest BCUT2D eigenvalue weighted by molar-refractivity contribution is 5.97. The Balaban J connectivity index is 2.40. The number of ether oxygens (including phenoxy) is 2. The number of benzene rings is 2. The standard InChI is InChI=1S/C18H19NO4/c1-12(20)13-9-10-16(17(11-13)22-4)23-15-8-6-5-7-14(15)18(21)19(2)3/h5-11H,1-4H3. The first-order chi connectivity index (χ1) is 10.9. The highest BCUT2D eigenvalue weighted by Gasteiger charge is 2.16. The molecule has 5 nitrogen and oxygen atoms in total. The van der Waals surface area contributed by atoms with Gasteiger partial charge in [0.2, 0.25) is 0 Å². The first kappa shape index (κ1) is 16.5. The maximum Gasteiger partial charge on any atom is 0.257 e. The van der Waals surface area contributed by atoms with Gasteiger partial charge in [0.25, 0.3) is 5.91 Å². The first-order valence-corrected chi connectivity index (χ1v) is 7.11. The SMILES string of the molecule is COc1cc(C(C)=O)ccc1Oc1ccccc1C(=O)N(C)C. The maximum atomic E-state index is 12.2. The van der Waals surface area contributed by atoms with E-state index in [-0.39, 0.29) is 11.7 Å².